The number of rotatable bonds is 31. The molecule has 4 nitrogen and oxygen atoms in total. The van der Waals surface area contributed by atoms with Gasteiger partial charge in [0.2, 0.25) is 0 Å². The van der Waals surface area contributed by atoms with Crippen LogP contribution in [-0.4, -0.2) is 41.9 Å². The van der Waals surface area contributed by atoms with Crippen LogP contribution in [-0.2, 0) is 14.2 Å². The summed E-state index contributed by atoms with van der Waals surface area (Å²) in [6, 6.07) is 0. The normalized spacial score (nSPS) is 22.6. The van der Waals surface area contributed by atoms with E-state index in [1.54, 1.807) is 0 Å². The SMILES string of the molecule is CCCCC/C=C\C/C=C\CCCCCCCCC1(CCCCCCCC/C=C\C/C=C\CCCCC)O[C@@H]2[C@H](O1)[C@@H](CO)O[C@H]2C. The number of aliphatic hydroxyl groups excluding tert-OH is 1. The van der Waals surface area contributed by atoms with Crippen molar-refractivity contribution in [3.63, 3.8) is 0 Å². The Bertz CT molecular complexity index is 782. The molecule has 0 unspecified atom stereocenters. The fourth-order valence-corrected chi connectivity index (χ4v) is 7.01. The molecular weight excluding hydrogens is 580 g/mol. The predicted molar refractivity (Wildman–Crippen MR) is 202 cm³/mol. The smallest absolute Gasteiger partial charge is 0.169 e. The Morgan fingerprint density at radius 1 is 0.489 bits per heavy atom. The summed E-state index contributed by atoms with van der Waals surface area (Å²) in [7, 11) is 0. The van der Waals surface area contributed by atoms with Gasteiger partial charge in [-0.1, -0.05) is 140 Å². The average molecular weight is 657 g/mol. The first kappa shape index (κ1) is 42.0. The van der Waals surface area contributed by atoms with Gasteiger partial charge in [-0.3, -0.25) is 0 Å². The summed E-state index contributed by atoms with van der Waals surface area (Å²) in [5.74, 6) is -0.495. The molecule has 2 saturated heterocycles. The van der Waals surface area contributed by atoms with E-state index in [1.165, 1.54) is 128 Å². The zero-order valence-electron chi connectivity index (χ0n) is 31.2. The summed E-state index contributed by atoms with van der Waals surface area (Å²) in [6.45, 7) is 6.59. The predicted octanol–water partition coefficient (Wildman–Crippen LogP) is 12.7. The lowest BCUT2D eigenvalue weighted by Crippen LogP contribution is -2.36. The third-order valence-electron chi connectivity index (χ3n) is 9.94. The zero-order valence-corrected chi connectivity index (χ0v) is 31.2. The fourth-order valence-electron chi connectivity index (χ4n) is 7.01. The van der Waals surface area contributed by atoms with Crippen molar-refractivity contribution in [2.24, 2.45) is 0 Å². The van der Waals surface area contributed by atoms with Crippen molar-refractivity contribution in [3.8, 4) is 0 Å². The Morgan fingerprint density at radius 2 is 0.872 bits per heavy atom. The largest absolute Gasteiger partial charge is 0.394 e. The minimum Gasteiger partial charge on any atom is -0.394 e. The van der Waals surface area contributed by atoms with Crippen molar-refractivity contribution in [2.75, 3.05) is 6.61 Å². The highest BCUT2D eigenvalue weighted by Crippen LogP contribution is 2.44. The Hall–Kier alpha value is -1.20. The van der Waals surface area contributed by atoms with Gasteiger partial charge in [0.05, 0.1) is 12.7 Å². The highest BCUT2D eigenvalue weighted by atomic mass is 16.8. The van der Waals surface area contributed by atoms with Crippen LogP contribution in [0.1, 0.15) is 188 Å². The maximum atomic E-state index is 9.88. The van der Waals surface area contributed by atoms with Gasteiger partial charge in [0.15, 0.2) is 5.79 Å². The summed E-state index contributed by atoms with van der Waals surface area (Å²) in [5, 5.41) is 9.88. The Balaban J connectivity index is 1.57. The van der Waals surface area contributed by atoms with Gasteiger partial charge in [-0.25, -0.2) is 0 Å². The van der Waals surface area contributed by atoms with Crippen LogP contribution in [0.5, 0.6) is 0 Å². The lowest BCUT2D eigenvalue weighted by atomic mass is 9.98. The van der Waals surface area contributed by atoms with Crippen molar-refractivity contribution < 1.29 is 19.3 Å². The molecule has 0 bridgehead atoms. The van der Waals surface area contributed by atoms with Gasteiger partial charge in [0, 0.05) is 12.8 Å². The van der Waals surface area contributed by atoms with Gasteiger partial charge in [-0.2, -0.15) is 0 Å². The van der Waals surface area contributed by atoms with Gasteiger partial charge in [-0.05, 0) is 84.0 Å². The molecule has 2 rings (SSSR count). The monoisotopic (exact) mass is 657 g/mol. The molecule has 4 heteroatoms. The zero-order chi connectivity index (χ0) is 33.7. The fraction of sp³-hybridized carbons (Fsp3) is 0.814. The Morgan fingerprint density at radius 3 is 1.30 bits per heavy atom. The first-order valence-corrected chi connectivity index (χ1v) is 20.4. The van der Waals surface area contributed by atoms with Gasteiger partial charge >= 0.3 is 0 Å². The van der Waals surface area contributed by atoms with E-state index in [2.05, 4.69) is 69.4 Å². The minimum absolute atomic E-state index is 0.000813. The van der Waals surface area contributed by atoms with E-state index in [-0.39, 0.29) is 31.0 Å². The number of allylic oxidation sites excluding steroid dienone is 8. The maximum Gasteiger partial charge on any atom is 0.169 e. The number of hydrogen-bond donors (Lipinski definition) is 1. The summed E-state index contributed by atoms with van der Waals surface area (Å²) in [5.41, 5.74) is 0. The summed E-state index contributed by atoms with van der Waals surface area (Å²) < 4.78 is 19.3. The van der Waals surface area contributed by atoms with Gasteiger partial charge < -0.3 is 19.3 Å². The second-order valence-corrected chi connectivity index (χ2v) is 14.3. The molecule has 2 heterocycles. The lowest BCUT2D eigenvalue weighted by Gasteiger charge is -2.31. The second kappa shape index (κ2) is 28.6. The van der Waals surface area contributed by atoms with Crippen molar-refractivity contribution in [3.05, 3.63) is 48.6 Å². The summed E-state index contributed by atoms with van der Waals surface area (Å²) in [6.07, 6.45) is 50.3. The molecule has 272 valence electrons. The minimum atomic E-state index is -0.495. The molecule has 2 aliphatic heterocycles. The second-order valence-electron chi connectivity index (χ2n) is 14.3. The molecule has 1 N–H and O–H groups in total. The van der Waals surface area contributed by atoms with E-state index in [4.69, 9.17) is 14.2 Å². The van der Waals surface area contributed by atoms with Gasteiger partial charge in [-0.15, -0.1) is 0 Å². The third-order valence-corrected chi connectivity index (χ3v) is 9.94. The van der Waals surface area contributed by atoms with Crippen molar-refractivity contribution in [1.82, 2.24) is 0 Å². The standard InChI is InChI=1S/C43H76O4/c1-4-6-8-10-12-14-16-18-20-22-24-26-28-30-32-34-36-43(46-41-39(3)45-40(38-44)42(41)47-43)37-35-33-31-29-27-25-23-21-19-17-15-13-11-9-7-5-2/h12-15,18-21,39-42,44H,4-11,16-17,22-38H2,1-3H3/b14-12-,15-13-,20-18-,21-19-/t39-,40+,41-,42+/m0/s1. The van der Waals surface area contributed by atoms with E-state index in [1.807, 2.05) is 0 Å². The summed E-state index contributed by atoms with van der Waals surface area (Å²) >= 11 is 0. The average Bonchev–Trinajstić information content (AvgIpc) is 3.59. The molecule has 47 heavy (non-hydrogen) atoms. The molecule has 0 saturated carbocycles. The molecule has 0 aromatic rings. The molecule has 0 amide bonds. The quantitative estimate of drug-likeness (QED) is 0.0596. The third kappa shape index (κ3) is 19.5. The number of fused-ring (bicyclic) bond motifs is 1. The molecule has 4 atom stereocenters. The van der Waals surface area contributed by atoms with Crippen LogP contribution in [0.4, 0.5) is 0 Å². The molecule has 0 aromatic carbocycles. The molecule has 0 radical (unpaired) electrons. The number of hydrogen-bond acceptors (Lipinski definition) is 4. The lowest BCUT2D eigenvalue weighted by molar-refractivity contribution is -0.218. The highest BCUT2D eigenvalue weighted by Gasteiger charge is 2.56. The number of aliphatic hydroxyl groups is 1. The van der Waals surface area contributed by atoms with E-state index >= 15 is 0 Å². The van der Waals surface area contributed by atoms with E-state index in [9.17, 15) is 5.11 Å². The van der Waals surface area contributed by atoms with Crippen LogP contribution >= 0.6 is 0 Å². The van der Waals surface area contributed by atoms with Crippen LogP contribution in [0.15, 0.2) is 48.6 Å². The Kier molecular flexibility index (Phi) is 25.6. The van der Waals surface area contributed by atoms with Crippen LogP contribution in [0.2, 0.25) is 0 Å². The number of ether oxygens (including phenoxy) is 3. The maximum absolute atomic E-state index is 9.88. The topological polar surface area (TPSA) is 47.9 Å². The number of unbranched alkanes of at least 4 members (excludes halogenated alkanes) is 18. The van der Waals surface area contributed by atoms with Gasteiger partial charge in [0.25, 0.3) is 0 Å². The molecular formula is C43H76O4. The van der Waals surface area contributed by atoms with Crippen LogP contribution in [0.3, 0.4) is 0 Å². The molecule has 2 aliphatic rings. The highest BCUT2D eigenvalue weighted by molar-refractivity contribution is 4.98. The van der Waals surface area contributed by atoms with Crippen molar-refractivity contribution in [2.45, 2.75) is 218 Å². The van der Waals surface area contributed by atoms with Gasteiger partial charge in [0.1, 0.15) is 18.3 Å². The summed E-state index contributed by atoms with van der Waals surface area (Å²) in [4.78, 5) is 0. The van der Waals surface area contributed by atoms with E-state index in [0.29, 0.717) is 0 Å². The van der Waals surface area contributed by atoms with Crippen molar-refractivity contribution >= 4 is 0 Å². The molecule has 0 aliphatic carbocycles. The van der Waals surface area contributed by atoms with E-state index < -0.39 is 5.79 Å². The molecule has 0 spiro atoms. The first-order chi connectivity index (χ1) is 23.2. The Labute approximate surface area is 291 Å². The van der Waals surface area contributed by atoms with Crippen LogP contribution in [0, 0.1) is 0 Å². The molecule has 0 aromatic heterocycles. The first-order valence-electron chi connectivity index (χ1n) is 20.4. The van der Waals surface area contributed by atoms with E-state index in [0.717, 1.165) is 38.5 Å². The van der Waals surface area contributed by atoms with Crippen molar-refractivity contribution in [1.29, 1.82) is 0 Å². The van der Waals surface area contributed by atoms with Crippen LogP contribution in [0.25, 0.3) is 0 Å². The molecule has 2 fully saturated rings. The van der Waals surface area contributed by atoms with Crippen LogP contribution < -0.4 is 0 Å².